The summed E-state index contributed by atoms with van der Waals surface area (Å²) in [5, 5.41) is 0. The van der Waals surface area contributed by atoms with Crippen LogP contribution in [-0.2, 0) is 10.0 Å². The lowest BCUT2D eigenvalue weighted by Crippen LogP contribution is -2.23. The van der Waals surface area contributed by atoms with E-state index in [9.17, 15) is 8.42 Å². The van der Waals surface area contributed by atoms with E-state index in [-0.39, 0.29) is 4.90 Å². The molecule has 6 heteroatoms. The van der Waals surface area contributed by atoms with Crippen molar-refractivity contribution in [2.75, 3.05) is 12.3 Å². The molecule has 0 fully saturated rings. The van der Waals surface area contributed by atoms with Crippen molar-refractivity contribution in [3.63, 3.8) is 0 Å². The molecule has 21 heavy (non-hydrogen) atoms. The Hall–Kier alpha value is -1.50. The SMILES string of the molecule is CCNS(=O)(=O)c1ccc(N)c(Sc2cccc(C)c2)c1. The topological polar surface area (TPSA) is 72.2 Å². The van der Waals surface area contributed by atoms with Crippen LogP contribution in [0.15, 0.2) is 57.2 Å². The third-order valence-electron chi connectivity index (χ3n) is 2.85. The molecule has 112 valence electrons. The third-order valence-corrected chi connectivity index (χ3v) is 5.45. The highest BCUT2D eigenvalue weighted by Gasteiger charge is 2.14. The largest absolute Gasteiger partial charge is 0.398 e. The van der Waals surface area contributed by atoms with Gasteiger partial charge in [-0.3, -0.25) is 0 Å². The molecule has 0 saturated carbocycles. The number of anilines is 1. The number of nitrogens with one attached hydrogen (secondary N) is 1. The monoisotopic (exact) mass is 322 g/mol. The number of nitrogen functional groups attached to an aromatic ring is 1. The second kappa shape index (κ2) is 6.51. The number of aryl methyl sites for hydroxylation is 1. The van der Waals surface area contributed by atoms with Gasteiger partial charge >= 0.3 is 0 Å². The summed E-state index contributed by atoms with van der Waals surface area (Å²) in [7, 11) is -3.47. The fraction of sp³-hybridized carbons (Fsp3) is 0.200. The van der Waals surface area contributed by atoms with E-state index < -0.39 is 10.0 Å². The Morgan fingerprint density at radius 2 is 1.95 bits per heavy atom. The summed E-state index contributed by atoms with van der Waals surface area (Å²) < 4.78 is 26.6. The van der Waals surface area contributed by atoms with Crippen molar-refractivity contribution in [2.45, 2.75) is 28.5 Å². The number of hydrogen-bond donors (Lipinski definition) is 2. The minimum Gasteiger partial charge on any atom is -0.398 e. The van der Waals surface area contributed by atoms with Crippen molar-refractivity contribution in [3.05, 3.63) is 48.0 Å². The number of sulfonamides is 1. The van der Waals surface area contributed by atoms with Crippen LogP contribution in [0.4, 0.5) is 5.69 Å². The maximum Gasteiger partial charge on any atom is 0.240 e. The first-order valence-corrected chi connectivity index (χ1v) is 8.86. The summed E-state index contributed by atoms with van der Waals surface area (Å²) in [5.74, 6) is 0. The number of nitrogens with two attached hydrogens (primary N) is 1. The Balaban J connectivity index is 2.36. The number of benzene rings is 2. The lowest BCUT2D eigenvalue weighted by Gasteiger charge is -2.10. The molecule has 0 aliphatic heterocycles. The van der Waals surface area contributed by atoms with E-state index in [2.05, 4.69) is 4.72 Å². The van der Waals surface area contributed by atoms with E-state index in [0.717, 1.165) is 15.4 Å². The Bertz CT molecular complexity index is 743. The average Bonchev–Trinajstić information content (AvgIpc) is 2.41. The zero-order valence-electron chi connectivity index (χ0n) is 12.0. The van der Waals surface area contributed by atoms with Crippen LogP contribution >= 0.6 is 11.8 Å². The van der Waals surface area contributed by atoms with Gasteiger partial charge in [0.25, 0.3) is 0 Å². The molecular weight excluding hydrogens is 304 g/mol. The predicted molar refractivity (Wildman–Crippen MR) is 87.0 cm³/mol. The molecule has 0 bridgehead atoms. The van der Waals surface area contributed by atoms with Gasteiger partial charge in [0.05, 0.1) is 4.90 Å². The first-order valence-electron chi connectivity index (χ1n) is 6.56. The molecule has 3 N–H and O–H groups in total. The van der Waals surface area contributed by atoms with Crippen LogP contribution < -0.4 is 10.5 Å². The summed E-state index contributed by atoms with van der Waals surface area (Å²) >= 11 is 1.46. The Morgan fingerprint density at radius 1 is 1.19 bits per heavy atom. The molecule has 2 aromatic rings. The highest BCUT2D eigenvalue weighted by Crippen LogP contribution is 2.33. The first kappa shape index (κ1) is 15.9. The molecule has 0 radical (unpaired) electrons. The van der Waals surface area contributed by atoms with Gasteiger partial charge in [-0.25, -0.2) is 13.1 Å². The van der Waals surface area contributed by atoms with E-state index in [1.807, 2.05) is 31.2 Å². The van der Waals surface area contributed by atoms with Crippen LogP contribution in [0.3, 0.4) is 0 Å². The maximum atomic E-state index is 12.0. The summed E-state index contributed by atoms with van der Waals surface area (Å²) in [5.41, 5.74) is 7.67. The van der Waals surface area contributed by atoms with Gasteiger partial charge in [-0.1, -0.05) is 36.4 Å². The molecule has 2 aromatic carbocycles. The van der Waals surface area contributed by atoms with Gasteiger partial charge in [0.15, 0.2) is 0 Å². The highest BCUT2D eigenvalue weighted by atomic mass is 32.2. The molecule has 0 saturated heterocycles. The normalized spacial score (nSPS) is 11.5. The maximum absolute atomic E-state index is 12.0. The Labute approximate surface area is 129 Å². The third kappa shape index (κ3) is 4.00. The van der Waals surface area contributed by atoms with Crippen LogP contribution in [0.1, 0.15) is 12.5 Å². The van der Waals surface area contributed by atoms with E-state index in [0.29, 0.717) is 12.2 Å². The van der Waals surface area contributed by atoms with Crippen molar-refractivity contribution in [1.82, 2.24) is 4.72 Å². The van der Waals surface area contributed by atoms with Gasteiger partial charge in [0.2, 0.25) is 10.0 Å². The number of hydrogen-bond acceptors (Lipinski definition) is 4. The van der Waals surface area contributed by atoms with Crippen molar-refractivity contribution in [1.29, 1.82) is 0 Å². The zero-order valence-corrected chi connectivity index (χ0v) is 13.6. The fourth-order valence-electron chi connectivity index (χ4n) is 1.85. The second-order valence-electron chi connectivity index (χ2n) is 4.62. The zero-order chi connectivity index (χ0) is 15.5. The first-order chi connectivity index (χ1) is 9.92. The smallest absolute Gasteiger partial charge is 0.240 e. The molecule has 0 spiro atoms. The predicted octanol–water partition coefficient (Wildman–Crippen LogP) is 3.03. The fourth-order valence-corrected chi connectivity index (χ4v) is 4.01. The molecular formula is C15H18N2O2S2. The molecule has 0 aliphatic carbocycles. The van der Waals surface area contributed by atoms with Crippen LogP contribution in [0.25, 0.3) is 0 Å². The average molecular weight is 322 g/mol. The minimum absolute atomic E-state index is 0.230. The molecule has 0 amide bonds. The minimum atomic E-state index is -3.47. The Kier molecular flexibility index (Phi) is 4.92. The molecule has 0 unspecified atom stereocenters. The van der Waals surface area contributed by atoms with Gasteiger partial charge in [-0.15, -0.1) is 0 Å². The lowest BCUT2D eigenvalue weighted by atomic mass is 10.2. The van der Waals surface area contributed by atoms with Crippen molar-refractivity contribution >= 4 is 27.5 Å². The molecule has 0 aliphatic rings. The van der Waals surface area contributed by atoms with Gasteiger partial charge in [0.1, 0.15) is 0 Å². The molecule has 2 rings (SSSR count). The summed E-state index contributed by atoms with van der Waals surface area (Å²) in [4.78, 5) is 1.99. The van der Waals surface area contributed by atoms with Crippen molar-refractivity contribution in [2.24, 2.45) is 0 Å². The van der Waals surface area contributed by atoms with Crippen molar-refractivity contribution in [3.8, 4) is 0 Å². The van der Waals surface area contributed by atoms with Gasteiger partial charge in [-0.05, 0) is 37.3 Å². The number of rotatable bonds is 5. The van der Waals surface area contributed by atoms with Crippen LogP contribution in [0.2, 0.25) is 0 Å². The van der Waals surface area contributed by atoms with Crippen LogP contribution in [0, 0.1) is 6.92 Å². The van der Waals surface area contributed by atoms with Gasteiger partial charge in [0, 0.05) is 22.0 Å². The Morgan fingerprint density at radius 3 is 2.62 bits per heavy atom. The van der Waals surface area contributed by atoms with Crippen molar-refractivity contribution < 1.29 is 8.42 Å². The second-order valence-corrected chi connectivity index (χ2v) is 7.50. The quantitative estimate of drug-likeness (QED) is 0.830. The molecule has 0 aromatic heterocycles. The summed E-state index contributed by atoms with van der Waals surface area (Å²) in [6.07, 6.45) is 0. The molecule has 0 heterocycles. The summed E-state index contributed by atoms with van der Waals surface area (Å²) in [6.45, 7) is 4.11. The summed E-state index contributed by atoms with van der Waals surface area (Å²) in [6, 6.07) is 12.8. The molecule has 0 atom stereocenters. The van der Waals surface area contributed by atoms with E-state index in [1.165, 1.54) is 17.8 Å². The lowest BCUT2D eigenvalue weighted by molar-refractivity contribution is 0.583. The van der Waals surface area contributed by atoms with Crippen LogP contribution in [0.5, 0.6) is 0 Å². The van der Waals surface area contributed by atoms with Gasteiger partial charge in [-0.2, -0.15) is 0 Å². The molecule has 4 nitrogen and oxygen atoms in total. The highest BCUT2D eigenvalue weighted by molar-refractivity contribution is 7.99. The van der Waals surface area contributed by atoms with E-state index in [1.54, 1.807) is 19.1 Å². The van der Waals surface area contributed by atoms with E-state index in [4.69, 9.17) is 5.73 Å². The van der Waals surface area contributed by atoms with E-state index >= 15 is 0 Å². The van der Waals surface area contributed by atoms with Crippen LogP contribution in [-0.4, -0.2) is 15.0 Å². The standard InChI is InChI=1S/C15H18N2O2S2/c1-3-17-21(18,19)13-7-8-14(16)15(10-13)20-12-6-4-5-11(2)9-12/h4-10,17H,3,16H2,1-2H3. The van der Waals surface area contributed by atoms with Gasteiger partial charge < -0.3 is 5.73 Å².